The molecule has 0 amide bonds. The number of methoxy groups -OCH3 is 1. The number of aromatic nitrogens is 2. The molecular formula is C13H15N3O2. The Labute approximate surface area is 105 Å². The fourth-order valence-electron chi connectivity index (χ4n) is 1.78. The molecule has 0 radical (unpaired) electrons. The van der Waals surface area contributed by atoms with Gasteiger partial charge in [-0.25, -0.2) is 0 Å². The molecule has 5 nitrogen and oxygen atoms in total. The maximum atomic E-state index is 12.1. The van der Waals surface area contributed by atoms with Crippen LogP contribution in [-0.4, -0.2) is 22.7 Å². The fourth-order valence-corrected chi connectivity index (χ4v) is 1.78. The van der Waals surface area contributed by atoms with Crippen LogP contribution < -0.4 is 10.5 Å². The normalized spacial score (nSPS) is 10.3. The Morgan fingerprint density at radius 2 is 2.17 bits per heavy atom. The first-order chi connectivity index (χ1) is 8.63. The summed E-state index contributed by atoms with van der Waals surface area (Å²) in [6.07, 6.45) is 1.74. The minimum atomic E-state index is -0.0647. The van der Waals surface area contributed by atoms with Crippen LogP contribution in [-0.2, 0) is 13.5 Å². The van der Waals surface area contributed by atoms with Crippen molar-refractivity contribution in [3.05, 3.63) is 41.6 Å². The summed E-state index contributed by atoms with van der Waals surface area (Å²) >= 11 is 0. The number of hydrogen-bond acceptors (Lipinski definition) is 4. The summed E-state index contributed by atoms with van der Waals surface area (Å²) in [4.78, 5) is 12.1. The Bertz CT molecular complexity index is 575. The zero-order valence-corrected chi connectivity index (χ0v) is 10.4. The molecule has 1 aromatic carbocycles. The third-order valence-corrected chi connectivity index (χ3v) is 2.83. The van der Waals surface area contributed by atoms with Crippen LogP contribution in [0.1, 0.15) is 15.9 Å². The van der Waals surface area contributed by atoms with Crippen LogP contribution in [0.3, 0.4) is 0 Å². The quantitative estimate of drug-likeness (QED) is 0.827. The van der Waals surface area contributed by atoms with Crippen molar-refractivity contribution in [1.82, 2.24) is 9.78 Å². The lowest BCUT2D eigenvalue weighted by Crippen LogP contribution is -2.08. The molecule has 2 rings (SSSR count). The molecule has 0 unspecified atom stereocenters. The van der Waals surface area contributed by atoms with Gasteiger partial charge >= 0.3 is 0 Å². The predicted octanol–water partition coefficient (Wildman–Crippen LogP) is 1.44. The summed E-state index contributed by atoms with van der Waals surface area (Å²) in [5.41, 5.74) is 7.06. The van der Waals surface area contributed by atoms with Crippen molar-refractivity contribution >= 4 is 11.6 Å². The van der Waals surface area contributed by atoms with E-state index in [1.807, 2.05) is 24.3 Å². The van der Waals surface area contributed by atoms with Gasteiger partial charge in [0.25, 0.3) is 0 Å². The molecule has 1 aromatic heterocycles. The van der Waals surface area contributed by atoms with Crippen molar-refractivity contribution in [3.8, 4) is 5.75 Å². The largest absolute Gasteiger partial charge is 0.496 e. The van der Waals surface area contributed by atoms with Gasteiger partial charge in [-0.1, -0.05) is 18.2 Å². The average Bonchev–Trinajstić information content (AvgIpc) is 2.71. The number of anilines is 1. The number of ether oxygens (including phenoxy) is 1. The molecule has 0 bridgehead atoms. The zero-order chi connectivity index (χ0) is 13.1. The van der Waals surface area contributed by atoms with Gasteiger partial charge in [-0.05, 0) is 6.07 Å². The minimum Gasteiger partial charge on any atom is -0.496 e. The number of Topliss-reactive ketones (excluding diaryl/α,β-unsaturated/α-hetero) is 1. The summed E-state index contributed by atoms with van der Waals surface area (Å²) in [5, 5.41) is 3.96. The summed E-state index contributed by atoms with van der Waals surface area (Å²) < 4.78 is 6.69. The van der Waals surface area contributed by atoms with Gasteiger partial charge in [-0.2, -0.15) is 5.10 Å². The number of benzene rings is 1. The van der Waals surface area contributed by atoms with Crippen LogP contribution in [0.5, 0.6) is 5.75 Å². The van der Waals surface area contributed by atoms with E-state index in [-0.39, 0.29) is 12.2 Å². The molecular weight excluding hydrogens is 230 g/mol. The molecule has 5 heteroatoms. The summed E-state index contributed by atoms with van der Waals surface area (Å²) in [6.45, 7) is 0. The number of rotatable bonds is 4. The number of aryl methyl sites for hydroxylation is 1. The Morgan fingerprint density at radius 1 is 1.44 bits per heavy atom. The highest BCUT2D eigenvalue weighted by molar-refractivity contribution is 6.01. The van der Waals surface area contributed by atoms with Crippen LogP contribution >= 0.6 is 0 Å². The van der Waals surface area contributed by atoms with Gasteiger partial charge < -0.3 is 10.5 Å². The van der Waals surface area contributed by atoms with Gasteiger partial charge in [0.2, 0.25) is 0 Å². The Morgan fingerprint density at radius 3 is 2.78 bits per heavy atom. The molecule has 0 saturated carbocycles. The Balaban J connectivity index is 2.24. The summed E-state index contributed by atoms with van der Waals surface area (Å²) in [5.74, 6) is 1.02. The molecule has 1 heterocycles. The highest BCUT2D eigenvalue weighted by Crippen LogP contribution is 2.20. The van der Waals surface area contributed by atoms with E-state index in [0.717, 1.165) is 5.56 Å². The molecule has 94 valence electrons. The first-order valence-corrected chi connectivity index (χ1v) is 5.56. The summed E-state index contributed by atoms with van der Waals surface area (Å²) in [6, 6.07) is 7.43. The van der Waals surface area contributed by atoms with Gasteiger partial charge in [-0.15, -0.1) is 0 Å². The smallest absolute Gasteiger partial charge is 0.172 e. The average molecular weight is 245 g/mol. The van der Waals surface area contributed by atoms with Gasteiger partial charge in [-0.3, -0.25) is 9.48 Å². The van der Waals surface area contributed by atoms with Crippen molar-refractivity contribution in [1.29, 1.82) is 0 Å². The van der Waals surface area contributed by atoms with Crippen LogP contribution in [0.4, 0.5) is 5.82 Å². The van der Waals surface area contributed by atoms with Crippen molar-refractivity contribution in [3.63, 3.8) is 0 Å². The standard InChI is InChI=1S/C13H15N3O2/c1-16-13(14)10(8-15-16)11(17)7-9-5-3-4-6-12(9)18-2/h3-6,8H,7,14H2,1-2H3. The maximum Gasteiger partial charge on any atom is 0.172 e. The second-order valence-electron chi connectivity index (χ2n) is 3.98. The first-order valence-electron chi connectivity index (χ1n) is 5.56. The Kier molecular flexibility index (Phi) is 3.32. The van der Waals surface area contributed by atoms with E-state index in [1.54, 1.807) is 14.2 Å². The number of carbonyl (C=O) groups is 1. The van der Waals surface area contributed by atoms with E-state index in [0.29, 0.717) is 17.1 Å². The Hall–Kier alpha value is -2.30. The molecule has 0 fully saturated rings. The van der Waals surface area contributed by atoms with Crippen LogP contribution in [0.25, 0.3) is 0 Å². The van der Waals surface area contributed by atoms with E-state index >= 15 is 0 Å². The monoisotopic (exact) mass is 245 g/mol. The molecule has 0 spiro atoms. The third-order valence-electron chi connectivity index (χ3n) is 2.83. The molecule has 2 N–H and O–H groups in total. The summed E-state index contributed by atoms with van der Waals surface area (Å²) in [7, 11) is 3.29. The highest BCUT2D eigenvalue weighted by atomic mass is 16.5. The van der Waals surface area contributed by atoms with Crippen molar-refractivity contribution in [2.24, 2.45) is 7.05 Å². The molecule has 0 saturated heterocycles. The van der Waals surface area contributed by atoms with Crippen LogP contribution in [0.2, 0.25) is 0 Å². The maximum absolute atomic E-state index is 12.1. The molecule has 18 heavy (non-hydrogen) atoms. The van der Waals surface area contributed by atoms with Crippen molar-refractivity contribution in [2.45, 2.75) is 6.42 Å². The van der Waals surface area contributed by atoms with E-state index in [4.69, 9.17) is 10.5 Å². The van der Waals surface area contributed by atoms with E-state index in [9.17, 15) is 4.79 Å². The number of para-hydroxylation sites is 1. The highest BCUT2D eigenvalue weighted by Gasteiger charge is 2.15. The van der Waals surface area contributed by atoms with Gasteiger partial charge in [0.1, 0.15) is 11.6 Å². The lowest BCUT2D eigenvalue weighted by Gasteiger charge is -2.07. The SMILES string of the molecule is COc1ccccc1CC(=O)c1cnn(C)c1N. The number of hydrogen-bond donors (Lipinski definition) is 1. The second-order valence-corrected chi connectivity index (χ2v) is 3.98. The third kappa shape index (κ3) is 2.20. The lowest BCUT2D eigenvalue weighted by atomic mass is 10.0. The molecule has 0 atom stereocenters. The van der Waals surface area contributed by atoms with Crippen LogP contribution in [0, 0.1) is 0 Å². The number of carbonyl (C=O) groups excluding carboxylic acids is 1. The van der Waals surface area contributed by atoms with Crippen LogP contribution in [0.15, 0.2) is 30.5 Å². The van der Waals surface area contributed by atoms with Gasteiger partial charge in [0, 0.05) is 19.0 Å². The molecule has 0 aliphatic carbocycles. The lowest BCUT2D eigenvalue weighted by molar-refractivity contribution is 0.0993. The van der Waals surface area contributed by atoms with Gasteiger partial charge in [0.05, 0.1) is 18.9 Å². The number of nitrogens with two attached hydrogens (primary N) is 1. The first kappa shape index (κ1) is 12.2. The number of ketones is 1. The van der Waals surface area contributed by atoms with Crippen molar-refractivity contribution in [2.75, 3.05) is 12.8 Å². The van der Waals surface area contributed by atoms with Crippen molar-refractivity contribution < 1.29 is 9.53 Å². The van der Waals surface area contributed by atoms with E-state index in [2.05, 4.69) is 5.10 Å². The number of nitrogens with zero attached hydrogens (tertiary/aromatic N) is 2. The topological polar surface area (TPSA) is 70.1 Å². The minimum absolute atomic E-state index is 0.0647. The van der Waals surface area contributed by atoms with E-state index < -0.39 is 0 Å². The molecule has 0 aliphatic rings. The van der Waals surface area contributed by atoms with Gasteiger partial charge in [0.15, 0.2) is 5.78 Å². The predicted molar refractivity (Wildman–Crippen MR) is 68.6 cm³/mol. The molecule has 0 aliphatic heterocycles. The second kappa shape index (κ2) is 4.91. The van der Waals surface area contributed by atoms with E-state index in [1.165, 1.54) is 10.9 Å². The fraction of sp³-hybridized carbons (Fsp3) is 0.231. The number of nitrogen functional groups attached to an aromatic ring is 1. The molecule has 2 aromatic rings. The zero-order valence-electron chi connectivity index (χ0n) is 10.4.